The number of nitrogens with zero attached hydrogens (tertiary/aromatic N) is 1. The van der Waals surface area contributed by atoms with Gasteiger partial charge in [0.15, 0.2) is 0 Å². The number of benzene rings is 1. The summed E-state index contributed by atoms with van der Waals surface area (Å²) in [4.78, 5) is 9.70. The van der Waals surface area contributed by atoms with Gasteiger partial charge in [0.2, 0.25) is 6.20 Å². The molecule has 0 spiro atoms. The first kappa shape index (κ1) is 10.4. The first-order valence-corrected chi connectivity index (χ1v) is 4.40. The molecule has 0 fully saturated rings. The highest BCUT2D eigenvalue weighted by molar-refractivity contribution is 5.55. The Kier molecular flexibility index (Phi) is 3.02. The van der Waals surface area contributed by atoms with E-state index in [9.17, 15) is 10.1 Å². The summed E-state index contributed by atoms with van der Waals surface area (Å²) in [6, 6.07) is 4.00. The highest BCUT2D eigenvalue weighted by Crippen LogP contribution is 2.16. The van der Waals surface area contributed by atoms with E-state index < -0.39 is 4.92 Å². The maximum atomic E-state index is 10.2. The maximum absolute atomic E-state index is 10.2. The van der Waals surface area contributed by atoms with E-state index >= 15 is 0 Å². The number of nitro groups is 1. The van der Waals surface area contributed by atoms with Crippen LogP contribution in [0.2, 0.25) is 0 Å². The molecule has 0 radical (unpaired) electrons. The van der Waals surface area contributed by atoms with Crippen LogP contribution in [0.25, 0.3) is 6.08 Å². The Morgan fingerprint density at radius 2 is 1.71 bits per heavy atom. The van der Waals surface area contributed by atoms with Crippen LogP contribution in [0, 0.1) is 30.9 Å². The van der Waals surface area contributed by atoms with E-state index in [0.717, 1.165) is 22.9 Å². The van der Waals surface area contributed by atoms with Crippen LogP contribution in [0.4, 0.5) is 0 Å². The van der Waals surface area contributed by atoms with E-state index in [-0.39, 0.29) is 0 Å². The average Bonchev–Trinajstić information content (AvgIpc) is 2.09. The second kappa shape index (κ2) is 4.05. The normalized spacial score (nSPS) is 10.8. The molecule has 0 saturated heterocycles. The zero-order valence-electron chi connectivity index (χ0n) is 8.57. The smallest absolute Gasteiger partial charge is 0.235 e. The van der Waals surface area contributed by atoms with Crippen LogP contribution in [0.15, 0.2) is 18.3 Å². The van der Waals surface area contributed by atoms with Gasteiger partial charge < -0.3 is 0 Å². The Morgan fingerprint density at radius 3 is 2.29 bits per heavy atom. The van der Waals surface area contributed by atoms with Crippen molar-refractivity contribution in [2.24, 2.45) is 0 Å². The summed E-state index contributed by atoms with van der Waals surface area (Å²) in [6.45, 7) is 5.98. The largest absolute Gasteiger partial charge is 0.259 e. The second-order valence-corrected chi connectivity index (χ2v) is 3.39. The monoisotopic (exact) mass is 191 g/mol. The summed E-state index contributed by atoms with van der Waals surface area (Å²) in [5, 5.41) is 10.2. The van der Waals surface area contributed by atoms with Crippen LogP contribution in [0.3, 0.4) is 0 Å². The maximum Gasteiger partial charge on any atom is 0.235 e. The molecule has 0 heterocycles. The zero-order chi connectivity index (χ0) is 10.7. The lowest BCUT2D eigenvalue weighted by Crippen LogP contribution is -1.89. The fourth-order valence-corrected chi connectivity index (χ4v) is 1.30. The Balaban J connectivity index is 3.10. The third-order valence-corrected chi connectivity index (χ3v) is 2.26. The SMILES string of the molecule is Cc1cc(C)c(/C=C/[N+](=O)[O-])cc1C. The standard InChI is InChI=1S/C11H13NO2/c1-8-6-10(3)11(7-9(8)2)4-5-12(13)14/h4-7H,1-3H3/b5-4+. The van der Waals surface area contributed by atoms with Gasteiger partial charge in [0, 0.05) is 6.08 Å². The van der Waals surface area contributed by atoms with Crippen molar-refractivity contribution in [2.45, 2.75) is 20.8 Å². The minimum Gasteiger partial charge on any atom is -0.259 e. The van der Waals surface area contributed by atoms with E-state index in [2.05, 4.69) is 0 Å². The highest BCUT2D eigenvalue weighted by atomic mass is 16.6. The van der Waals surface area contributed by atoms with E-state index in [1.165, 1.54) is 11.6 Å². The molecule has 0 unspecified atom stereocenters. The molecule has 0 saturated carbocycles. The minimum absolute atomic E-state index is 0.450. The second-order valence-electron chi connectivity index (χ2n) is 3.39. The highest BCUT2D eigenvalue weighted by Gasteiger charge is 1.99. The Bertz CT molecular complexity index is 395. The first-order valence-electron chi connectivity index (χ1n) is 4.40. The van der Waals surface area contributed by atoms with Crippen molar-refractivity contribution in [3.63, 3.8) is 0 Å². The van der Waals surface area contributed by atoms with Crippen molar-refractivity contribution in [1.82, 2.24) is 0 Å². The molecule has 1 aromatic rings. The minimum atomic E-state index is -0.450. The summed E-state index contributed by atoms with van der Waals surface area (Å²) in [6.07, 6.45) is 2.50. The van der Waals surface area contributed by atoms with Crippen LogP contribution >= 0.6 is 0 Å². The molecule has 0 aliphatic rings. The van der Waals surface area contributed by atoms with Gasteiger partial charge in [-0.05, 0) is 43.0 Å². The Hall–Kier alpha value is -1.64. The summed E-state index contributed by atoms with van der Waals surface area (Å²) in [5.74, 6) is 0. The van der Waals surface area contributed by atoms with Gasteiger partial charge in [-0.2, -0.15) is 0 Å². The third kappa shape index (κ3) is 2.42. The number of rotatable bonds is 2. The molecular formula is C11H13NO2. The molecule has 0 aromatic heterocycles. The molecule has 3 heteroatoms. The van der Waals surface area contributed by atoms with E-state index in [1.807, 2.05) is 32.9 Å². The Labute approximate surface area is 83.2 Å². The quantitative estimate of drug-likeness (QED) is 0.533. The summed E-state index contributed by atoms with van der Waals surface area (Å²) < 4.78 is 0. The lowest BCUT2D eigenvalue weighted by atomic mass is 10.0. The predicted molar refractivity (Wildman–Crippen MR) is 56.7 cm³/mol. The molecule has 1 aromatic carbocycles. The molecule has 3 nitrogen and oxygen atoms in total. The number of aryl methyl sites for hydroxylation is 3. The molecule has 0 N–H and O–H groups in total. The van der Waals surface area contributed by atoms with Gasteiger partial charge in [0.05, 0.1) is 4.92 Å². The lowest BCUT2D eigenvalue weighted by Gasteiger charge is -2.04. The number of hydrogen-bond acceptors (Lipinski definition) is 2. The van der Waals surface area contributed by atoms with Crippen molar-refractivity contribution in [1.29, 1.82) is 0 Å². The van der Waals surface area contributed by atoms with Crippen LogP contribution in [-0.2, 0) is 0 Å². The van der Waals surface area contributed by atoms with E-state index in [1.54, 1.807) is 0 Å². The van der Waals surface area contributed by atoms with Gasteiger partial charge in [-0.3, -0.25) is 10.1 Å². The van der Waals surface area contributed by atoms with Gasteiger partial charge >= 0.3 is 0 Å². The molecule has 0 amide bonds. The van der Waals surface area contributed by atoms with Crippen molar-refractivity contribution >= 4 is 6.08 Å². The molecule has 74 valence electrons. The molecule has 14 heavy (non-hydrogen) atoms. The van der Waals surface area contributed by atoms with Gasteiger partial charge in [-0.25, -0.2) is 0 Å². The molecular weight excluding hydrogens is 178 g/mol. The topological polar surface area (TPSA) is 43.1 Å². The Morgan fingerprint density at radius 1 is 1.14 bits per heavy atom. The van der Waals surface area contributed by atoms with Gasteiger partial charge in [0.25, 0.3) is 0 Å². The number of hydrogen-bond donors (Lipinski definition) is 0. The van der Waals surface area contributed by atoms with Crippen molar-refractivity contribution in [2.75, 3.05) is 0 Å². The molecule has 0 aliphatic carbocycles. The summed E-state index contributed by atoms with van der Waals surface area (Å²) in [7, 11) is 0. The van der Waals surface area contributed by atoms with Gasteiger partial charge in [0.1, 0.15) is 0 Å². The lowest BCUT2D eigenvalue weighted by molar-refractivity contribution is -0.400. The third-order valence-electron chi connectivity index (χ3n) is 2.26. The van der Waals surface area contributed by atoms with Crippen LogP contribution in [0.1, 0.15) is 22.3 Å². The molecule has 0 aliphatic heterocycles. The summed E-state index contributed by atoms with van der Waals surface area (Å²) in [5.41, 5.74) is 4.33. The zero-order valence-corrected chi connectivity index (χ0v) is 8.57. The van der Waals surface area contributed by atoms with Crippen molar-refractivity contribution in [3.05, 3.63) is 50.7 Å². The van der Waals surface area contributed by atoms with Crippen molar-refractivity contribution in [3.8, 4) is 0 Å². The predicted octanol–water partition coefficient (Wildman–Crippen LogP) is 2.86. The van der Waals surface area contributed by atoms with Crippen molar-refractivity contribution < 1.29 is 4.92 Å². The summed E-state index contributed by atoms with van der Waals surface area (Å²) >= 11 is 0. The van der Waals surface area contributed by atoms with Crippen LogP contribution in [-0.4, -0.2) is 4.92 Å². The molecule has 1 rings (SSSR count). The van der Waals surface area contributed by atoms with E-state index in [0.29, 0.717) is 0 Å². The fraction of sp³-hybridized carbons (Fsp3) is 0.273. The van der Waals surface area contributed by atoms with E-state index in [4.69, 9.17) is 0 Å². The van der Waals surface area contributed by atoms with Crippen LogP contribution in [0.5, 0.6) is 0 Å². The molecule has 0 bridgehead atoms. The first-order chi connectivity index (χ1) is 6.50. The van der Waals surface area contributed by atoms with Crippen LogP contribution < -0.4 is 0 Å². The fourth-order valence-electron chi connectivity index (χ4n) is 1.30. The average molecular weight is 191 g/mol. The van der Waals surface area contributed by atoms with Gasteiger partial charge in [-0.15, -0.1) is 0 Å². The molecule has 0 atom stereocenters. The van der Waals surface area contributed by atoms with Gasteiger partial charge in [-0.1, -0.05) is 12.1 Å².